The molecular weight excluding hydrogens is 316 g/mol. The van der Waals surface area contributed by atoms with Crippen molar-refractivity contribution in [3.8, 4) is 0 Å². The highest BCUT2D eigenvalue weighted by atomic mass is 79.9. The van der Waals surface area contributed by atoms with Crippen molar-refractivity contribution in [3.63, 3.8) is 0 Å². The Bertz CT molecular complexity index is 651. The van der Waals surface area contributed by atoms with E-state index >= 15 is 0 Å². The van der Waals surface area contributed by atoms with Gasteiger partial charge in [-0.15, -0.1) is 0 Å². The zero-order chi connectivity index (χ0) is 13.7. The van der Waals surface area contributed by atoms with Crippen LogP contribution in [0, 0.1) is 0 Å². The van der Waals surface area contributed by atoms with E-state index in [-0.39, 0.29) is 0 Å². The predicted molar refractivity (Wildman–Crippen MR) is 84.7 cm³/mol. The van der Waals surface area contributed by atoms with E-state index in [1.54, 1.807) is 0 Å². The number of nitrogens with zero attached hydrogens (tertiary/aromatic N) is 3. The van der Waals surface area contributed by atoms with E-state index in [9.17, 15) is 0 Å². The van der Waals surface area contributed by atoms with Gasteiger partial charge in [0.2, 0.25) is 5.95 Å². The molecule has 5 heteroatoms. The van der Waals surface area contributed by atoms with Gasteiger partial charge in [0.05, 0.1) is 17.1 Å². The number of aromatic nitrogens is 2. The number of anilines is 1. The molecule has 2 saturated heterocycles. The fourth-order valence-corrected chi connectivity index (χ4v) is 4.31. The minimum absolute atomic E-state index is 0.487. The second-order valence-electron chi connectivity index (χ2n) is 5.93. The van der Waals surface area contributed by atoms with Gasteiger partial charge < -0.3 is 10.3 Å². The number of halogens is 1. The Labute approximate surface area is 127 Å². The Hall–Kier alpha value is -1.07. The van der Waals surface area contributed by atoms with Gasteiger partial charge >= 0.3 is 0 Å². The summed E-state index contributed by atoms with van der Waals surface area (Å²) in [5.41, 5.74) is 8.38. The van der Waals surface area contributed by atoms with Crippen molar-refractivity contribution < 1.29 is 0 Å². The second-order valence-corrected chi connectivity index (χ2v) is 6.84. The van der Waals surface area contributed by atoms with Gasteiger partial charge in [-0.05, 0) is 44.0 Å². The van der Waals surface area contributed by atoms with Crippen molar-refractivity contribution in [1.82, 2.24) is 14.5 Å². The molecule has 0 aliphatic carbocycles. The number of nitrogens with two attached hydrogens (primary N) is 1. The van der Waals surface area contributed by atoms with E-state index in [1.165, 1.54) is 44.3 Å². The van der Waals surface area contributed by atoms with E-state index in [0.717, 1.165) is 9.99 Å². The van der Waals surface area contributed by atoms with E-state index in [4.69, 9.17) is 5.73 Å². The van der Waals surface area contributed by atoms with Crippen LogP contribution in [0.15, 0.2) is 22.7 Å². The number of hydrogen-bond donors (Lipinski definition) is 1. The molecule has 0 radical (unpaired) electrons. The average molecular weight is 335 g/mol. The molecule has 0 amide bonds. The van der Waals surface area contributed by atoms with Crippen LogP contribution in [-0.2, 0) is 0 Å². The molecule has 20 heavy (non-hydrogen) atoms. The van der Waals surface area contributed by atoms with Crippen LogP contribution in [0.4, 0.5) is 5.95 Å². The van der Waals surface area contributed by atoms with Gasteiger partial charge in [0.1, 0.15) is 0 Å². The largest absolute Gasteiger partial charge is 0.369 e. The SMILES string of the molecule is Nc1nc2cc(Br)ccc2n1C1CCN2CCCCC12. The predicted octanol–water partition coefficient (Wildman–Crippen LogP) is 3.18. The lowest BCUT2D eigenvalue weighted by molar-refractivity contribution is 0.175. The van der Waals surface area contributed by atoms with Crippen LogP contribution in [0.2, 0.25) is 0 Å². The van der Waals surface area contributed by atoms with Gasteiger partial charge in [0.25, 0.3) is 0 Å². The fraction of sp³-hybridized carbons (Fsp3) is 0.533. The first-order valence-electron chi connectivity index (χ1n) is 7.41. The minimum Gasteiger partial charge on any atom is -0.369 e. The summed E-state index contributed by atoms with van der Waals surface area (Å²) in [6, 6.07) is 7.39. The summed E-state index contributed by atoms with van der Waals surface area (Å²) in [5, 5.41) is 0. The average Bonchev–Trinajstić information content (AvgIpc) is 2.98. The number of nitrogen functional groups attached to an aromatic ring is 1. The van der Waals surface area contributed by atoms with Crippen LogP contribution in [0.1, 0.15) is 31.7 Å². The molecule has 0 spiro atoms. The van der Waals surface area contributed by atoms with Gasteiger partial charge in [-0.3, -0.25) is 4.90 Å². The number of piperidine rings is 1. The lowest BCUT2D eigenvalue weighted by Gasteiger charge is -2.33. The molecule has 2 N–H and O–H groups in total. The highest BCUT2D eigenvalue weighted by Gasteiger charge is 2.37. The molecule has 1 aromatic heterocycles. The van der Waals surface area contributed by atoms with E-state index < -0.39 is 0 Å². The topological polar surface area (TPSA) is 47.1 Å². The summed E-state index contributed by atoms with van der Waals surface area (Å²) in [6.07, 6.45) is 5.17. The molecular formula is C15H19BrN4. The summed E-state index contributed by atoms with van der Waals surface area (Å²) >= 11 is 3.51. The third kappa shape index (κ3) is 1.87. The van der Waals surface area contributed by atoms with Crippen LogP contribution in [0.25, 0.3) is 11.0 Å². The molecule has 0 saturated carbocycles. The summed E-state index contributed by atoms with van der Waals surface area (Å²) in [7, 11) is 0. The summed E-state index contributed by atoms with van der Waals surface area (Å²) in [5.74, 6) is 0.663. The van der Waals surface area contributed by atoms with Crippen molar-refractivity contribution in [2.24, 2.45) is 0 Å². The number of rotatable bonds is 1. The molecule has 2 atom stereocenters. The molecule has 0 bridgehead atoms. The van der Waals surface area contributed by atoms with Gasteiger partial charge in [0.15, 0.2) is 0 Å². The van der Waals surface area contributed by atoms with Crippen molar-refractivity contribution in [2.75, 3.05) is 18.8 Å². The first-order valence-corrected chi connectivity index (χ1v) is 8.20. The molecule has 4 nitrogen and oxygen atoms in total. The zero-order valence-electron chi connectivity index (χ0n) is 11.4. The Morgan fingerprint density at radius 3 is 2.95 bits per heavy atom. The van der Waals surface area contributed by atoms with E-state index in [1.807, 2.05) is 0 Å². The Kier molecular flexibility index (Phi) is 3.00. The molecule has 1 aromatic carbocycles. The minimum atomic E-state index is 0.487. The number of benzene rings is 1. The van der Waals surface area contributed by atoms with Crippen LogP contribution in [-0.4, -0.2) is 33.6 Å². The van der Waals surface area contributed by atoms with Gasteiger partial charge in [-0.2, -0.15) is 0 Å². The van der Waals surface area contributed by atoms with Crippen LogP contribution >= 0.6 is 15.9 Å². The number of hydrogen-bond acceptors (Lipinski definition) is 3. The van der Waals surface area contributed by atoms with Crippen LogP contribution in [0.5, 0.6) is 0 Å². The third-order valence-corrected chi connectivity index (χ3v) is 5.32. The normalized spacial score (nSPS) is 27.1. The molecule has 106 valence electrons. The molecule has 2 aromatic rings. The van der Waals surface area contributed by atoms with Crippen molar-refractivity contribution in [3.05, 3.63) is 22.7 Å². The van der Waals surface area contributed by atoms with Crippen molar-refractivity contribution in [1.29, 1.82) is 0 Å². The smallest absolute Gasteiger partial charge is 0.201 e. The van der Waals surface area contributed by atoms with Crippen molar-refractivity contribution in [2.45, 2.75) is 37.8 Å². The lowest BCUT2D eigenvalue weighted by Crippen LogP contribution is -2.37. The maximum absolute atomic E-state index is 6.22. The zero-order valence-corrected chi connectivity index (χ0v) is 13.0. The highest BCUT2D eigenvalue weighted by molar-refractivity contribution is 9.10. The van der Waals surface area contributed by atoms with Gasteiger partial charge in [0, 0.05) is 17.1 Å². The standard InChI is InChI=1S/C15H19BrN4/c16-10-4-5-12-11(9-10)18-15(17)20(12)14-6-8-19-7-2-1-3-13(14)19/h4-5,9,13-14H,1-3,6-8H2,(H2,17,18). The first kappa shape index (κ1) is 12.7. The molecule has 2 unspecified atom stereocenters. The number of fused-ring (bicyclic) bond motifs is 2. The van der Waals surface area contributed by atoms with E-state index in [2.05, 4.69) is 48.6 Å². The van der Waals surface area contributed by atoms with Crippen LogP contribution < -0.4 is 5.73 Å². The van der Waals surface area contributed by atoms with Gasteiger partial charge in [-0.1, -0.05) is 22.4 Å². The third-order valence-electron chi connectivity index (χ3n) is 4.83. The lowest BCUT2D eigenvalue weighted by atomic mass is 9.99. The fourth-order valence-electron chi connectivity index (χ4n) is 3.96. The number of imidazole rings is 1. The summed E-state index contributed by atoms with van der Waals surface area (Å²) in [6.45, 7) is 2.45. The molecule has 4 rings (SSSR count). The van der Waals surface area contributed by atoms with Crippen LogP contribution in [0.3, 0.4) is 0 Å². The molecule has 2 aliphatic heterocycles. The first-order chi connectivity index (χ1) is 9.74. The maximum atomic E-state index is 6.22. The monoisotopic (exact) mass is 334 g/mol. The molecule has 2 fully saturated rings. The Balaban J connectivity index is 1.80. The van der Waals surface area contributed by atoms with E-state index in [0.29, 0.717) is 18.0 Å². The second kappa shape index (κ2) is 4.74. The van der Waals surface area contributed by atoms with Crippen molar-refractivity contribution >= 4 is 32.9 Å². The Morgan fingerprint density at radius 2 is 2.05 bits per heavy atom. The summed E-state index contributed by atoms with van der Waals surface area (Å²) in [4.78, 5) is 7.19. The maximum Gasteiger partial charge on any atom is 0.201 e. The molecule has 3 heterocycles. The highest BCUT2D eigenvalue weighted by Crippen LogP contribution is 2.38. The van der Waals surface area contributed by atoms with Gasteiger partial charge in [-0.25, -0.2) is 4.98 Å². The quantitative estimate of drug-likeness (QED) is 0.871. The summed E-state index contributed by atoms with van der Waals surface area (Å²) < 4.78 is 3.33. The Morgan fingerprint density at radius 1 is 1.15 bits per heavy atom. The molecule has 2 aliphatic rings.